The molecule has 0 spiro atoms. The van der Waals surface area contributed by atoms with Crippen molar-refractivity contribution >= 4 is 40.6 Å². The van der Waals surface area contributed by atoms with E-state index in [1.807, 2.05) is 48.6 Å². The van der Waals surface area contributed by atoms with Crippen LogP contribution in [0.2, 0.25) is 0 Å². The van der Waals surface area contributed by atoms with E-state index in [2.05, 4.69) is 15.2 Å². The molecule has 0 atom stereocenters. The van der Waals surface area contributed by atoms with Gasteiger partial charge in [0.15, 0.2) is 0 Å². The van der Waals surface area contributed by atoms with Gasteiger partial charge in [-0.05, 0) is 29.8 Å². The highest BCUT2D eigenvalue weighted by molar-refractivity contribution is 6.34. The van der Waals surface area contributed by atoms with Gasteiger partial charge in [-0.25, -0.2) is 4.90 Å². The normalized spacial score (nSPS) is 13.6. The third-order valence-electron chi connectivity index (χ3n) is 4.79. The minimum atomic E-state index is -0.362. The number of imide groups is 1. The number of hydrogen-bond acceptors (Lipinski definition) is 4. The van der Waals surface area contributed by atoms with Crippen LogP contribution in [0, 0.1) is 0 Å². The number of hydrogen-bond donors (Lipinski definition) is 1. The number of benzene rings is 2. The Morgan fingerprint density at radius 2 is 1.64 bits per heavy atom. The summed E-state index contributed by atoms with van der Waals surface area (Å²) < 4.78 is 0. The molecule has 0 radical (unpaired) electrons. The maximum Gasteiger partial charge on any atom is 0.267 e. The Balaban J connectivity index is 1.56. The van der Waals surface area contributed by atoms with Crippen LogP contribution in [0.25, 0.3) is 23.1 Å². The topological polar surface area (TPSA) is 79.0 Å². The van der Waals surface area contributed by atoms with Gasteiger partial charge in [-0.1, -0.05) is 42.5 Å². The first-order valence-electron chi connectivity index (χ1n) is 8.77. The maximum atomic E-state index is 12.8. The standard InChI is InChI=1S/C22H14N4O2/c27-21-15-11-12-23-13-17(15)22(28)26(21)20-8-4-1-5-14(20)9-10-19-16-6-2-3-7-18(16)24-25-19/h1-13H,(H,24,25). The van der Waals surface area contributed by atoms with Crippen molar-refractivity contribution in [1.82, 2.24) is 15.2 Å². The summed E-state index contributed by atoms with van der Waals surface area (Å²) in [5.74, 6) is -0.701. The van der Waals surface area contributed by atoms with Gasteiger partial charge in [0.05, 0.1) is 28.0 Å². The molecule has 2 aromatic carbocycles. The van der Waals surface area contributed by atoms with Crippen molar-refractivity contribution in [3.05, 3.63) is 89.4 Å². The zero-order valence-electron chi connectivity index (χ0n) is 14.7. The molecule has 6 nitrogen and oxygen atoms in total. The number of pyridine rings is 1. The number of nitrogens with zero attached hydrogens (tertiary/aromatic N) is 3. The van der Waals surface area contributed by atoms with E-state index in [-0.39, 0.29) is 11.8 Å². The summed E-state index contributed by atoms with van der Waals surface area (Å²) in [7, 11) is 0. The average molecular weight is 366 g/mol. The Bertz CT molecular complexity index is 1240. The molecule has 2 aromatic heterocycles. The quantitative estimate of drug-likeness (QED) is 0.557. The molecule has 2 amide bonds. The largest absolute Gasteiger partial charge is 0.277 e. The lowest BCUT2D eigenvalue weighted by Crippen LogP contribution is -2.29. The first-order chi connectivity index (χ1) is 13.7. The Morgan fingerprint density at radius 1 is 0.857 bits per heavy atom. The number of aromatic amines is 1. The Labute approximate surface area is 160 Å². The van der Waals surface area contributed by atoms with Crippen LogP contribution in [0.15, 0.2) is 67.0 Å². The summed E-state index contributed by atoms with van der Waals surface area (Å²) in [5, 5.41) is 8.33. The summed E-state index contributed by atoms with van der Waals surface area (Å²) >= 11 is 0. The van der Waals surface area contributed by atoms with Crippen LogP contribution in [-0.2, 0) is 0 Å². The summed E-state index contributed by atoms with van der Waals surface area (Å²) in [6.45, 7) is 0. The fourth-order valence-electron chi connectivity index (χ4n) is 3.42. The zero-order chi connectivity index (χ0) is 19.1. The molecule has 28 heavy (non-hydrogen) atoms. The number of carbonyl (C=O) groups excluding carboxylic acids is 2. The third kappa shape index (κ3) is 2.43. The van der Waals surface area contributed by atoms with Crippen LogP contribution in [0.1, 0.15) is 32.0 Å². The molecule has 0 saturated heterocycles. The van der Waals surface area contributed by atoms with Crippen LogP contribution in [0.4, 0.5) is 5.69 Å². The lowest BCUT2D eigenvalue weighted by atomic mass is 10.1. The van der Waals surface area contributed by atoms with Gasteiger partial charge in [0.1, 0.15) is 0 Å². The first-order valence-corrected chi connectivity index (χ1v) is 8.77. The molecule has 1 aliphatic rings. The molecule has 1 aliphatic heterocycles. The van der Waals surface area contributed by atoms with Crippen LogP contribution in [0.5, 0.6) is 0 Å². The summed E-state index contributed by atoms with van der Waals surface area (Å²) in [4.78, 5) is 30.8. The highest BCUT2D eigenvalue weighted by Crippen LogP contribution is 2.31. The Hall–Kier alpha value is -4.06. The zero-order valence-corrected chi connectivity index (χ0v) is 14.7. The molecule has 0 bridgehead atoms. The van der Waals surface area contributed by atoms with Crippen molar-refractivity contribution in [3.63, 3.8) is 0 Å². The van der Waals surface area contributed by atoms with Crippen molar-refractivity contribution in [2.75, 3.05) is 4.90 Å². The van der Waals surface area contributed by atoms with Crippen molar-refractivity contribution in [2.24, 2.45) is 0 Å². The van der Waals surface area contributed by atoms with Gasteiger partial charge in [0.2, 0.25) is 0 Å². The van der Waals surface area contributed by atoms with E-state index >= 15 is 0 Å². The smallest absolute Gasteiger partial charge is 0.267 e. The minimum Gasteiger partial charge on any atom is -0.277 e. The second-order valence-electron chi connectivity index (χ2n) is 6.41. The van der Waals surface area contributed by atoms with Gasteiger partial charge in [-0.2, -0.15) is 5.10 Å². The molecule has 3 heterocycles. The third-order valence-corrected chi connectivity index (χ3v) is 4.79. The summed E-state index contributed by atoms with van der Waals surface area (Å²) in [6.07, 6.45) is 6.68. The molecule has 0 aliphatic carbocycles. The van der Waals surface area contributed by atoms with Gasteiger partial charge in [-0.15, -0.1) is 0 Å². The molecule has 0 unspecified atom stereocenters. The van der Waals surface area contributed by atoms with E-state index in [0.717, 1.165) is 22.2 Å². The monoisotopic (exact) mass is 366 g/mol. The summed E-state index contributed by atoms with van der Waals surface area (Å²) in [6, 6.07) is 16.7. The molecule has 0 fully saturated rings. The number of rotatable bonds is 3. The predicted octanol–water partition coefficient (Wildman–Crippen LogP) is 3.93. The van der Waals surface area contributed by atoms with E-state index in [1.165, 1.54) is 17.3 Å². The number of amides is 2. The lowest BCUT2D eigenvalue weighted by molar-refractivity contribution is 0.0926. The van der Waals surface area contributed by atoms with E-state index in [0.29, 0.717) is 16.8 Å². The summed E-state index contributed by atoms with van der Waals surface area (Å²) in [5.41, 5.74) is 3.71. The van der Waals surface area contributed by atoms with Gasteiger partial charge in [-0.3, -0.25) is 19.7 Å². The highest BCUT2D eigenvalue weighted by Gasteiger charge is 2.37. The minimum absolute atomic E-state index is 0.324. The molecular weight excluding hydrogens is 352 g/mol. The van der Waals surface area contributed by atoms with Gasteiger partial charge < -0.3 is 0 Å². The maximum absolute atomic E-state index is 12.8. The number of carbonyl (C=O) groups is 2. The van der Waals surface area contributed by atoms with Crippen LogP contribution < -0.4 is 4.90 Å². The molecular formula is C22H14N4O2. The number of para-hydroxylation sites is 2. The number of fused-ring (bicyclic) bond motifs is 2. The van der Waals surface area contributed by atoms with E-state index in [9.17, 15) is 9.59 Å². The second-order valence-corrected chi connectivity index (χ2v) is 6.41. The van der Waals surface area contributed by atoms with Crippen LogP contribution >= 0.6 is 0 Å². The molecule has 0 saturated carbocycles. The fraction of sp³-hybridized carbons (Fsp3) is 0. The van der Waals surface area contributed by atoms with E-state index in [1.54, 1.807) is 18.2 Å². The fourth-order valence-corrected chi connectivity index (χ4v) is 3.42. The Morgan fingerprint density at radius 3 is 2.54 bits per heavy atom. The van der Waals surface area contributed by atoms with Crippen LogP contribution in [0.3, 0.4) is 0 Å². The molecule has 5 rings (SSSR count). The number of H-pyrrole nitrogens is 1. The lowest BCUT2D eigenvalue weighted by Gasteiger charge is -2.16. The van der Waals surface area contributed by atoms with Crippen molar-refractivity contribution < 1.29 is 9.59 Å². The molecule has 4 aromatic rings. The van der Waals surface area contributed by atoms with Gasteiger partial charge >= 0.3 is 0 Å². The predicted molar refractivity (Wildman–Crippen MR) is 107 cm³/mol. The molecule has 6 heteroatoms. The van der Waals surface area contributed by atoms with Crippen molar-refractivity contribution in [1.29, 1.82) is 0 Å². The Kier molecular flexibility index (Phi) is 3.62. The van der Waals surface area contributed by atoms with Crippen LogP contribution in [-0.4, -0.2) is 27.0 Å². The van der Waals surface area contributed by atoms with Gasteiger partial charge in [0, 0.05) is 17.8 Å². The number of anilines is 1. The number of aromatic nitrogens is 3. The van der Waals surface area contributed by atoms with E-state index in [4.69, 9.17) is 0 Å². The van der Waals surface area contributed by atoms with E-state index < -0.39 is 0 Å². The highest BCUT2D eigenvalue weighted by atomic mass is 16.2. The SMILES string of the molecule is O=C1c2ccncc2C(=O)N1c1ccccc1C=Cc1n[nH]c2ccccc12. The first kappa shape index (κ1) is 16.1. The molecule has 134 valence electrons. The number of nitrogens with one attached hydrogen (secondary N) is 1. The second kappa shape index (κ2) is 6.28. The average Bonchev–Trinajstić information content (AvgIpc) is 3.26. The van der Waals surface area contributed by atoms with Gasteiger partial charge in [0.25, 0.3) is 11.8 Å². The van der Waals surface area contributed by atoms with Crippen molar-refractivity contribution in [3.8, 4) is 0 Å². The van der Waals surface area contributed by atoms with Crippen molar-refractivity contribution in [2.45, 2.75) is 0 Å². The molecule has 1 N–H and O–H groups in total.